The summed E-state index contributed by atoms with van der Waals surface area (Å²) in [6.45, 7) is 6.33. The molecule has 2 bridgehead atoms. The Morgan fingerprint density at radius 2 is 1.62 bits per heavy atom. The second-order valence-corrected chi connectivity index (χ2v) is 12.5. The lowest BCUT2D eigenvalue weighted by molar-refractivity contribution is -0.141. The maximum atomic E-state index is 14.7. The smallest absolute Gasteiger partial charge is 0.411 e. The molecule has 0 unspecified atom stereocenters. The zero-order chi connectivity index (χ0) is 33.4. The van der Waals surface area contributed by atoms with Crippen molar-refractivity contribution in [3.8, 4) is 23.0 Å². The number of benzene rings is 4. The SMILES string of the molecule is COc1cc2c(cc1C)C[C@H]1C(=O)N(Cc3ccccc3)/C(=C/c3cc4c(cc3OCc3ccccc3)OCO4)[C@@H]2N1C(=O)OC(C)C. The Morgan fingerprint density at radius 3 is 2.31 bits per heavy atom. The molecule has 4 aromatic carbocycles. The highest BCUT2D eigenvalue weighted by Crippen LogP contribution is 2.48. The summed E-state index contributed by atoms with van der Waals surface area (Å²) in [4.78, 5) is 32.0. The van der Waals surface area contributed by atoms with Crippen LogP contribution in [0, 0.1) is 6.92 Å². The van der Waals surface area contributed by atoms with Gasteiger partial charge in [0, 0.05) is 23.7 Å². The number of hydrogen-bond donors (Lipinski definition) is 0. The van der Waals surface area contributed by atoms with Crippen molar-refractivity contribution in [3.63, 3.8) is 0 Å². The number of aryl methyl sites for hydroxylation is 1. The molecule has 2 atom stereocenters. The number of piperazine rings is 1. The first kappa shape index (κ1) is 31.2. The number of fused-ring (bicyclic) bond motifs is 5. The number of nitrogens with zero attached hydrogens (tertiary/aromatic N) is 2. The lowest BCUT2D eigenvalue weighted by Crippen LogP contribution is -2.61. The van der Waals surface area contributed by atoms with E-state index in [0.717, 1.165) is 27.8 Å². The van der Waals surface area contributed by atoms with Gasteiger partial charge in [0.15, 0.2) is 11.5 Å². The minimum absolute atomic E-state index is 0.0950. The van der Waals surface area contributed by atoms with Crippen LogP contribution in [0.15, 0.2) is 90.6 Å². The number of methoxy groups -OCH3 is 1. The van der Waals surface area contributed by atoms with Crippen LogP contribution < -0.4 is 18.9 Å². The number of hydrogen-bond acceptors (Lipinski definition) is 7. The minimum Gasteiger partial charge on any atom is -0.496 e. The topological polar surface area (TPSA) is 86.8 Å². The maximum Gasteiger partial charge on any atom is 0.411 e. The van der Waals surface area contributed by atoms with Crippen molar-refractivity contribution in [1.82, 2.24) is 9.80 Å². The first-order valence-corrected chi connectivity index (χ1v) is 16.1. The van der Waals surface area contributed by atoms with E-state index >= 15 is 0 Å². The molecule has 7 rings (SSSR count). The molecule has 3 aliphatic rings. The lowest BCUT2D eigenvalue weighted by Gasteiger charge is -2.50. The molecule has 0 N–H and O–H groups in total. The predicted octanol–water partition coefficient (Wildman–Crippen LogP) is 7.21. The summed E-state index contributed by atoms with van der Waals surface area (Å²) in [6.07, 6.45) is 1.37. The maximum absolute atomic E-state index is 14.7. The van der Waals surface area contributed by atoms with Gasteiger partial charge in [0.1, 0.15) is 30.2 Å². The predicted molar refractivity (Wildman–Crippen MR) is 180 cm³/mol. The standard InChI is InChI=1S/C39H38N2O7/c1-24(2)48-39(43)41-32-16-28-15-25(3)33(44-4)19-30(28)37(41)31(40(38(32)42)21-26-11-7-5-8-12-26)17-29-18-35-36(47-23-46-35)20-34(29)45-22-27-13-9-6-10-14-27/h5-15,17-20,24,32,37H,16,21-23H2,1-4H3/b31-17+/t32-,37+/m0/s1. The van der Waals surface area contributed by atoms with E-state index in [1.54, 1.807) is 30.8 Å². The third-order valence-corrected chi connectivity index (χ3v) is 8.90. The Morgan fingerprint density at radius 1 is 0.938 bits per heavy atom. The average Bonchev–Trinajstić information content (AvgIpc) is 3.54. The fourth-order valence-corrected chi connectivity index (χ4v) is 6.67. The lowest BCUT2D eigenvalue weighted by atomic mass is 9.81. The first-order chi connectivity index (χ1) is 23.3. The molecule has 48 heavy (non-hydrogen) atoms. The van der Waals surface area contributed by atoms with Crippen molar-refractivity contribution < 1.29 is 33.3 Å². The zero-order valence-corrected chi connectivity index (χ0v) is 27.5. The van der Waals surface area contributed by atoms with E-state index in [-0.39, 0.29) is 18.8 Å². The second-order valence-electron chi connectivity index (χ2n) is 12.5. The van der Waals surface area contributed by atoms with Crippen LogP contribution in [0.25, 0.3) is 6.08 Å². The molecule has 0 spiro atoms. The van der Waals surface area contributed by atoms with Gasteiger partial charge in [0.2, 0.25) is 12.7 Å². The quantitative estimate of drug-likeness (QED) is 0.200. The highest BCUT2D eigenvalue weighted by Gasteiger charge is 2.51. The van der Waals surface area contributed by atoms with Crippen molar-refractivity contribution in [1.29, 1.82) is 0 Å². The third kappa shape index (κ3) is 5.92. The van der Waals surface area contributed by atoms with Crippen molar-refractivity contribution in [3.05, 3.63) is 124 Å². The fraction of sp³-hybridized carbons (Fsp3) is 0.282. The highest BCUT2D eigenvalue weighted by molar-refractivity contribution is 5.92. The summed E-state index contributed by atoms with van der Waals surface area (Å²) < 4.78 is 29.5. The summed E-state index contributed by atoms with van der Waals surface area (Å²) in [7, 11) is 1.64. The van der Waals surface area contributed by atoms with E-state index < -0.39 is 18.2 Å². The summed E-state index contributed by atoms with van der Waals surface area (Å²) in [5.41, 5.74) is 6.07. The van der Waals surface area contributed by atoms with Crippen LogP contribution in [0.1, 0.15) is 53.3 Å². The van der Waals surface area contributed by atoms with Crippen molar-refractivity contribution in [2.24, 2.45) is 0 Å². The van der Waals surface area contributed by atoms with E-state index in [0.29, 0.717) is 53.8 Å². The number of carbonyl (C=O) groups is 2. The molecule has 1 saturated heterocycles. The van der Waals surface area contributed by atoms with Crippen LogP contribution >= 0.6 is 0 Å². The van der Waals surface area contributed by atoms with Crippen LogP contribution in [-0.4, -0.2) is 47.8 Å². The Hall–Kier alpha value is -5.44. The first-order valence-electron chi connectivity index (χ1n) is 16.1. The number of rotatable bonds is 8. The van der Waals surface area contributed by atoms with Gasteiger partial charge in [0.25, 0.3) is 0 Å². The second kappa shape index (κ2) is 13.0. The molecule has 4 aromatic rings. The van der Waals surface area contributed by atoms with Crippen molar-refractivity contribution >= 4 is 18.1 Å². The Balaban J connectivity index is 1.43. The Kier molecular flexibility index (Phi) is 8.43. The van der Waals surface area contributed by atoms with Gasteiger partial charge in [-0.05, 0) is 66.8 Å². The average molecular weight is 647 g/mol. The minimum atomic E-state index is -0.757. The van der Waals surface area contributed by atoms with E-state index in [4.69, 9.17) is 23.7 Å². The number of ether oxygens (including phenoxy) is 5. The molecule has 0 saturated carbocycles. The zero-order valence-electron chi connectivity index (χ0n) is 27.5. The summed E-state index contributed by atoms with van der Waals surface area (Å²) in [5.74, 6) is 2.21. The number of amides is 2. The molecule has 0 radical (unpaired) electrons. The largest absolute Gasteiger partial charge is 0.496 e. The number of carbonyl (C=O) groups excluding carboxylic acids is 2. The molecule has 3 heterocycles. The summed E-state index contributed by atoms with van der Waals surface area (Å²) >= 11 is 0. The molecule has 3 aliphatic heterocycles. The van der Waals surface area contributed by atoms with Gasteiger partial charge in [-0.1, -0.05) is 66.7 Å². The molecule has 9 heteroatoms. The molecular weight excluding hydrogens is 608 g/mol. The molecule has 0 aromatic heterocycles. The Labute approximate surface area is 280 Å². The summed E-state index contributed by atoms with van der Waals surface area (Å²) in [5, 5.41) is 0. The highest BCUT2D eigenvalue weighted by atomic mass is 16.7. The normalized spacial score (nSPS) is 18.6. The van der Waals surface area contributed by atoms with Crippen LogP contribution in [0.4, 0.5) is 4.79 Å². The molecule has 0 aliphatic carbocycles. The van der Waals surface area contributed by atoms with Gasteiger partial charge < -0.3 is 28.6 Å². The van der Waals surface area contributed by atoms with Gasteiger partial charge in [-0.15, -0.1) is 0 Å². The fourth-order valence-electron chi connectivity index (χ4n) is 6.67. The van der Waals surface area contributed by atoms with Gasteiger partial charge >= 0.3 is 6.09 Å². The molecular formula is C39H38N2O7. The van der Waals surface area contributed by atoms with E-state index in [9.17, 15) is 9.59 Å². The van der Waals surface area contributed by atoms with Gasteiger partial charge in [-0.25, -0.2) is 4.79 Å². The monoisotopic (exact) mass is 646 g/mol. The van der Waals surface area contributed by atoms with Crippen LogP contribution in [0.2, 0.25) is 0 Å². The van der Waals surface area contributed by atoms with Crippen LogP contribution in [0.5, 0.6) is 23.0 Å². The molecule has 1 fully saturated rings. The van der Waals surface area contributed by atoms with E-state index in [2.05, 4.69) is 6.07 Å². The molecule has 9 nitrogen and oxygen atoms in total. The third-order valence-electron chi connectivity index (χ3n) is 8.90. The van der Waals surface area contributed by atoms with Crippen LogP contribution in [-0.2, 0) is 29.1 Å². The van der Waals surface area contributed by atoms with Gasteiger partial charge in [0.05, 0.1) is 19.8 Å². The van der Waals surface area contributed by atoms with E-state index in [1.807, 2.05) is 91.9 Å². The van der Waals surface area contributed by atoms with Crippen molar-refractivity contribution in [2.75, 3.05) is 13.9 Å². The van der Waals surface area contributed by atoms with Gasteiger partial charge in [-0.2, -0.15) is 0 Å². The van der Waals surface area contributed by atoms with Crippen molar-refractivity contribution in [2.45, 2.75) is 58.5 Å². The van der Waals surface area contributed by atoms with Crippen LogP contribution in [0.3, 0.4) is 0 Å². The molecule has 246 valence electrons. The van der Waals surface area contributed by atoms with Gasteiger partial charge in [-0.3, -0.25) is 9.69 Å². The Bertz CT molecular complexity index is 1870. The molecule has 2 amide bonds. The summed E-state index contributed by atoms with van der Waals surface area (Å²) in [6, 6.07) is 26.1. The van der Waals surface area contributed by atoms with E-state index in [1.165, 1.54) is 0 Å².